The molecule has 2 N–H and O–H groups in total. The summed E-state index contributed by atoms with van der Waals surface area (Å²) in [5.74, 6) is 0.899. The largest absolute Gasteiger partial charge is 0.497 e. The van der Waals surface area contributed by atoms with Crippen LogP contribution in [-0.2, 0) is 9.59 Å². The summed E-state index contributed by atoms with van der Waals surface area (Å²) in [4.78, 5) is 38.0. The van der Waals surface area contributed by atoms with Crippen LogP contribution in [0.25, 0.3) is 0 Å². The molecule has 1 unspecified atom stereocenters. The zero-order valence-corrected chi connectivity index (χ0v) is 15.6. The first-order chi connectivity index (χ1) is 13.0. The normalized spacial score (nSPS) is 23.0. The predicted molar refractivity (Wildman–Crippen MR) is 97.5 cm³/mol. The molecule has 0 spiro atoms. The topological polar surface area (TPSA) is 97.0 Å². The van der Waals surface area contributed by atoms with Crippen LogP contribution >= 0.6 is 0 Å². The van der Waals surface area contributed by atoms with Gasteiger partial charge in [0.2, 0.25) is 0 Å². The van der Waals surface area contributed by atoms with Gasteiger partial charge in [0.05, 0.1) is 7.11 Å². The summed E-state index contributed by atoms with van der Waals surface area (Å²) in [6.45, 7) is 2.92. The van der Waals surface area contributed by atoms with E-state index >= 15 is 0 Å². The summed E-state index contributed by atoms with van der Waals surface area (Å²) < 4.78 is 10.7. The highest BCUT2D eigenvalue weighted by molar-refractivity contribution is 6.07. The summed E-state index contributed by atoms with van der Waals surface area (Å²) in [6, 6.07) is 6.67. The number of carbonyl (C=O) groups is 3. The average Bonchev–Trinajstić information content (AvgIpc) is 3.00. The van der Waals surface area contributed by atoms with Gasteiger partial charge in [-0.05, 0) is 37.3 Å². The van der Waals surface area contributed by atoms with E-state index in [0.29, 0.717) is 43.9 Å². The van der Waals surface area contributed by atoms with Gasteiger partial charge in [-0.2, -0.15) is 0 Å². The van der Waals surface area contributed by atoms with Crippen molar-refractivity contribution in [1.29, 1.82) is 0 Å². The summed E-state index contributed by atoms with van der Waals surface area (Å²) in [5.41, 5.74) is -0.858. The molecule has 0 aromatic heterocycles. The second-order valence-electron chi connectivity index (χ2n) is 6.86. The van der Waals surface area contributed by atoms with Crippen molar-refractivity contribution in [1.82, 2.24) is 15.5 Å². The lowest BCUT2D eigenvalue weighted by Crippen LogP contribution is -2.56. The second-order valence-corrected chi connectivity index (χ2v) is 6.86. The fourth-order valence-corrected chi connectivity index (χ4v) is 3.88. The molecule has 8 nitrogen and oxygen atoms in total. The molecule has 1 aromatic rings. The Morgan fingerprint density at radius 3 is 2.56 bits per heavy atom. The minimum absolute atomic E-state index is 0.0114. The zero-order valence-electron chi connectivity index (χ0n) is 15.6. The summed E-state index contributed by atoms with van der Waals surface area (Å²) in [7, 11) is 1.57. The number of benzene rings is 1. The van der Waals surface area contributed by atoms with E-state index in [1.807, 2.05) is 6.92 Å². The quantitative estimate of drug-likeness (QED) is 0.731. The molecule has 8 heteroatoms. The molecule has 27 heavy (non-hydrogen) atoms. The van der Waals surface area contributed by atoms with Gasteiger partial charge in [0.15, 0.2) is 6.61 Å². The SMILES string of the molecule is CCC1(C2CCN(C(=O)COc3cccc(OC)c3)CC2)NC(=O)NC1=O. The highest BCUT2D eigenvalue weighted by Crippen LogP contribution is 2.33. The Labute approximate surface area is 158 Å². The third-order valence-electron chi connectivity index (χ3n) is 5.47. The minimum Gasteiger partial charge on any atom is -0.497 e. The fraction of sp³-hybridized carbons (Fsp3) is 0.526. The molecular formula is C19H25N3O5. The van der Waals surface area contributed by atoms with Gasteiger partial charge in [-0.25, -0.2) is 4.79 Å². The molecule has 2 aliphatic heterocycles. The van der Waals surface area contributed by atoms with Crippen molar-refractivity contribution in [2.45, 2.75) is 31.7 Å². The standard InChI is InChI=1S/C19H25N3O5/c1-3-19(17(24)20-18(25)21-19)13-7-9-22(10-8-13)16(23)12-27-15-6-4-5-14(11-15)26-2/h4-6,11,13H,3,7-10,12H2,1-2H3,(H2,20,21,24,25). The Morgan fingerprint density at radius 1 is 1.26 bits per heavy atom. The number of piperidine rings is 1. The van der Waals surface area contributed by atoms with Crippen molar-refractivity contribution in [3.8, 4) is 11.5 Å². The minimum atomic E-state index is -0.858. The van der Waals surface area contributed by atoms with E-state index in [1.54, 1.807) is 36.3 Å². The van der Waals surface area contributed by atoms with E-state index in [9.17, 15) is 14.4 Å². The van der Waals surface area contributed by atoms with Crippen molar-refractivity contribution in [3.05, 3.63) is 24.3 Å². The van der Waals surface area contributed by atoms with Gasteiger partial charge in [-0.15, -0.1) is 0 Å². The number of ether oxygens (including phenoxy) is 2. The van der Waals surface area contributed by atoms with Crippen molar-refractivity contribution in [2.75, 3.05) is 26.8 Å². The van der Waals surface area contributed by atoms with Gasteiger partial charge in [0.1, 0.15) is 17.0 Å². The lowest BCUT2D eigenvalue weighted by Gasteiger charge is -2.40. The first-order valence-electron chi connectivity index (χ1n) is 9.16. The maximum Gasteiger partial charge on any atom is 0.322 e. The second kappa shape index (κ2) is 7.85. The number of rotatable bonds is 6. The van der Waals surface area contributed by atoms with E-state index in [1.165, 1.54) is 0 Å². The molecule has 4 amide bonds. The predicted octanol–water partition coefficient (Wildman–Crippen LogP) is 1.30. The van der Waals surface area contributed by atoms with Crippen LogP contribution in [0.5, 0.6) is 11.5 Å². The van der Waals surface area contributed by atoms with Gasteiger partial charge in [0, 0.05) is 19.2 Å². The van der Waals surface area contributed by atoms with Gasteiger partial charge in [-0.3, -0.25) is 14.9 Å². The molecule has 0 aliphatic carbocycles. The number of nitrogens with one attached hydrogen (secondary N) is 2. The van der Waals surface area contributed by atoms with Crippen molar-refractivity contribution < 1.29 is 23.9 Å². The van der Waals surface area contributed by atoms with Crippen LogP contribution in [0.15, 0.2) is 24.3 Å². The van der Waals surface area contributed by atoms with Crippen LogP contribution in [0, 0.1) is 5.92 Å². The Kier molecular flexibility index (Phi) is 5.53. The molecule has 2 fully saturated rings. The average molecular weight is 375 g/mol. The molecule has 0 saturated carbocycles. The lowest BCUT2D eigenvalue weighted by atomic mass is 9.76. The number of likely N-dealkylation sites (tertiary alicyclic amines) is 1. The van der Waals surface area contributed by atoms with Crippen molar-refractivity contribution >= 4 is 17.8 Å². The molecular weight excluding hydrogens is 350 g/mol. The molecule has 2 aliphatic rings. The van der Waals surface area contributed by atoms with Gasteiger partial charge in [-0.1, -0.05) is 13.0 Å². The number of carbonyl (C=O) groups excluding carboxylic acids is 3. The van der Waals surface area contributed by atoms with Gasteiger partial charge >= 0.3 is 6.03 Å². The highest BCUT2D eigenvalue weighted by atomic mass is 16.5. The van der Waals surface area contributed by atoms with E-state index in [4.69, 9.17) is 9.47 Å². The third-order valence-corrected chi connectivity index (χ3v) is 5.47. The number of urea groups is 1. The Hall–Kier alpha value is -2.77. The third kappa shape index (κ3) is 3.84. The fourth-order valence-electron chi connectivity index (χ4n) is 3.88. The summed E-state index contributed by atoms with van der Waals surface area (Å²) in [6.07, 6.45) is 1.85. The summed E-state index contributed by atoms with van der Waals surface area (Å²) in [5, 5.41) is 5.14. The van der Waals surface area contributed by atoms with E-state index in [-0.39, 0.29) is 24.3 Å². The van der Waals surface area contributed by atoms with Crippen molar-refractivity contribution in [2.24, 2.45) is 5.92 Å². The Morgan fingerprint density at radius 2 is 1.96 bits per heavy atom. The van der Waals surface area contributed by atoms with Crippen LogP contribution in [0.2, 0.25) is 0 Å². The molecule has 2 saturated heterocycles. The number of hydrogen-bond acceptors (Lipinski definition) is 5. The molecule has 1 aromatic carbocycles. The summed E-state index contributed by atoms with van der Waals surface area (Å²) >= 11 is 0. The number of methoxy groups -OCH3 is 1. The molecule has 3 rings (SSSR count). The first kappa shape index (κ1) is 19.0. The van der Waals surface area contributed by atoms with Crippen LogP contribution in [-0.4, -0.2) is 55.1 Å². The van der Waals surface area contributed by atoms with Gasteiger partial charge in [0.25, 0.3) is 11.8 Å². The zero-order chi connectivity index (χ0) is 19.4. The van der Waals surface area contributed by atoms with Gasteiger partial charge < -0.3 is 19.7 Å². The van der Waals surface area contributed by atoms with E-state index in [2.05, 4.69) is 10.6 Å². The molecule has 1 atom stereocenters. The Bertz CT molecular complexity index is 730. The molecule has 2 heterocycles. The lowest BCUT2D eigenvalue weighted by molar-refractivity contribution is -0.135. The molecule has 146 valence electrons. The number of hydrogen-bond donors (Lipinski definition) is 2. The smallest absolute Gasteiger partial charge is 0.322 e. The maximum absolute atomic E-state index is 12.4. The monoisotopic (exact) mass is 375 g/mol. The van der Waals surface area contributed by atoms with E-state index in [0.717, 1.165) is 0 Å². The van der Waals surface area contributed by atoms with E-state index < -0.39 is 11.6 Å². The maximum atomic E-state index is 12.4. The molecule has 0 bridgehead atoms. The number of amides is 4. The molecule has 0 radical (unpaired) electrons. The van der Waals surface area contributed by atoms with Crippen LogP contribution in [0.3, 0.4) is 0 Å². The van der Waals surface area contributed by atoms with Crippen molar-refractivity contribution in [3.63, 3.8) is 0 Å². The van der Waals surface area contributed by atoms with Crippen LogP contribution in [0.4, 0.5) is 4.79 Å². The number of nitrogens with zero attached hydrogens (tertiary/aromatic N) is 1. The van der Waals surface area contributed by atoms with Crippen LogP contribution in [0.1, 0.15) is 26.2 Å². The Balaban J connectivity index is 1.53. The van der Waals surface area contributed by atoms with Crippen LogP contribution < -0.4 is 20.1 Å². The number of imide groups is 1. The first-order valence-corrected chi connectivity index (χ1v) is 9.16. The highest BCUT2D eigenvalue weighted by Gasteiger charge is 2.51.